The van der Waals surface area contributed by atoms with Crippen LogP contribution in [0.2, 0.25) is 4.34 Å². The van der Waals surface area contributed by atoms with E-state index in [1.807, 2.05) is 26.0 Å². The molecule has 0 radical (unpaired) electrons. The Kier molecular flexibility index (Phi) is 5.05. The van der Waals surface area contributed by atoms with Crippen molar-refractivity contribution in [3.63, 3.8) is 0 Å². The average molecular weight is 315 g/mol. The molecule has 110 valence electrons. The summed E-state index contributed by atoms with van der Waals surface area (Å²) in [6, 6.07) is 3.45. The number of carbonyl (C=O) groups excluding carboxylic acids is 2. The van der Waals surface area contributed by atoms with E-state index in [4.69, 9.17) is 11.6 Å². The molecule has 0 bridgehead atoms. The molecule has 2 amide bonds. The van der Waals surface area contributed by atoms with Crippen LogP contribution in [0.4, 0.5) is 0 Å². The summed E-state index contributed by atoms with van der Waals surface area (Å²) >= 11 is 7.44. The largest absolute Gasteiger partial charge is 0.344 e. The van der Waals surface area contributed by atoms with Gasteiger partial charge in [0.2, 0.25) is 11.8 Å². The lowest BCUT2D eigenvalue weighted by atomic mass is 10.0. The van der Waals surface area contributed by atoms with Crippen molar-refractivity contribution in [3.8, 4) is 0 Å². The molecule has 1 fully saturated rings. The Labute approximate surface area is 128 Å². The van der Waals surface area contributed by atoms with E-state index in [0.29, 0.717) is 19.5 Å². The molecular weight excluding hydrogens is 296 g/mol. The van der Waals surface area contributed by atoms with E-state index in [9.17, 15) is 9.59 Å². The highest BCUT2D eigenvalue weighted by molar-refractivity contribution is 7.16. The van der Waals surface area contributed by atoms with Gasteiger partial charge in [0, 0.05) is 24.4 Å². The van der Waals surface area contributed by atoms with E-state index in [0.717, 1.165) is 15.6 Å². The lowest BCUT2D eigenvalue weighted by molar-refractivity contribution is -0.134. The fourth-order valence-electron chi connectivity index (χ4n) is 2.26. The van der Waals surface area contributed by atoms with Gasteiger partial charge in [0.25, 0.3) is 0 Å². The summed E-state index contributed by atoms with van der Waals surface area (Å²) in [4.78, 5) is 27.1. The first-order chi connectivity index (χ1) is 9.47. The second-order valence-corrected chi connectivity index (χ2v) is 7.12. The van der Waals surface area contributed by atoms with E-state index < -0.39 is 6.04 Å². The summed E-state index contributed by atoms with van der Waals surface area (Å²) < 4.78 is 0.763. The molecule has 1 saturated heterocycles. The lowest BCUT2D eigenvalue weighted by Gasteiger charge is -2.25. The first-order valence-electron chi connectivity index (χ1n) is 6.79. The van der Waals surface area contributed by atoms with Gasteiger partial charge in [0.05, 0.1) is 4.34 Å². The molecule has 1 atom stereocenters. The molecule has 1 aromatic rings. The molecule has 6 heteroatoms. The maximum atomic E-state index is 12.4. The third kappa shape index (κ3) is 3.73. The highest BCUT2D eigenvalue weighted by Gasteiger charge is 2.31. The first kappa shape index (κ1) is 15.3. The zero-order valence-electron chi connectivity index (χ0n) is 11.7. The van der Waals surface area contributed by atoms with Gasteiger partial charge in [-0.15, -0.1) is 11.3 Å². The summed E-state index contributed by atoms with van der Waals surface area (Å²) in [5, 5.41) is 2.81. The highest BCUT2D eigenvalue weighted by atomic mass is 35.5. The minimum absolute atomic E-state index is 0.0218. The average Bonchev–Trinajstić information content (AvgIpc) is 2.74. The van der Waals surface area contributed by atoms with Crippen LogP contribution in [-0.4, -0.2) is 35.8 Å². The van der Waals surface area contributed by atoms with Crippen LogP contribution in [0.25, 0.3) is 0 Å². The quantitative estimate of drug-likeness (QED) is 0.927. The van der Waals surface area contributed by atoms with Gasteiger partial charge in [-0.25, -0.2) is 0 Å². The molecule has 2 rings (SSSR count). The molecule has 4 nitrogen and oxygen atoms in total. The number of hydrogen-bond acceptors (Lipinski definition) is 3. The van der Waals surface area contributed by atoms with Crippen molar-refractivity contribution in [1.29, 1.82) is 0 Å². The van der Waals surface area contributed by atoms with Crippen LogP contribution in [0, 0.1) is 5.92 Å². The Hall–Kier alpha value is -1.07. The minimum atomic E-state index is -0.406. The predicted molar refractivity (Wildman–Crippen MR) is 81.0 cm³/mol. The molecule has 20 heavy (non-hydrogen) atoms. The lowest BCUT2D eigenvalue weighted by Crippen LogP contribution is -2.48. The molecule has 1 aliphatic rings. The topological polar surface area (TPSA) is 49.4 Å². The number of halogens is 1. The maximum absolute atomic E-state index is 12.4. The molecule has 1 aliphatic heterocycles. The number of amides is 2. The second-order valence-electron chi connectivity index (χ2n) is 5.32. The zero-order chi connectivity index (χ0) is 14.7. The third-order valence-electron chi connectivity index (χ3n) is 3.43. The predicted octanol–water partition coefficient (Wildman–Crippen LogP) is 2.32. The summed E-state index contributed by atoms with van der Waals surface area (Å²) in [6.07, 6.45) is 1.16. The van der Waals surface area contributed by atoms with Crippen LogP contribution in [0.5, 0.6) is 0 Å². The SMILES string of the molecule is CC(C)C1NC(=O)CCN(CCc2ccc(Cl)s2)C1=O. The molecule has 2 heterocycles. The molecule has 1 unspecified atom stereocenters. The van der Waals surface area contributed by atoms with Crippen molar-refractivity contribution in [2.75, 3.05) is 13.1 Å². The molecular formula is C14H19ClN2O2S. The number of rotatable bonds is 4. The molecule has 0 spiro atoms. The van der Waals surface area contributed by atoms with Gasteiger partial charge in [-0.05, 0) is 24.5 Å². The van der Waals surface area contributed by atoms with Crippen molar-refractivity contribution >= 4 is 34.8 Å². The van der Waals surface area contributed by atoms with Crippen molar-refractivity contribution in [2.24, 2.45) is 5.92 Å². The number of nitrogens with one attached hydrogen (secondary N) is 1. The van der Waals surface area contributed by atoms with Crippen LogP contribution in [0.1, 0.15) is 25.1 Å². The molecule has 0 saturated carbocycles. The Balaban J connectivity index is 2.01. The monoisotopic (exact) mass is 314 g/mol. The van der Waals surface area contributed by atoms with Crippen molar-refractivity contribution in [2.45, 2.75) is 32.7 Å². The van der Waals surface area contributed by atoms with Gasteiger partial charge in [-0.3, -0.25) is 9.59 Å². The van der Waals surface area contributed by atoms with Crippen LogP contribution in [0.3, 0.4) is 0 Å². The van der Waals surface area contributed by atoms with Crippen LogP contribution >= 0.6 is 22.9 Å². The van der Waals surface area contributed by atoms with E-state index in [-0.39, 0.29) is 17.7 Å². The standard InChI is InChI=1S/C14H19ClN2O2S/c1-9(2)13-14(19)17(8-6-12(18)16-13)7-5-10-3-4-11(15)20-10/h3-4,9,13H,5-8H2,1-2H3,(H,16,18). The molecule has 1 aromatic heterocycles. The number of nitrogens with zero attached hydrogens (tertiary/aromatic N) is 1. The zero-order valence-corrected chi connectivity index (χ0v) is 13.3. The fraction of sp³-hybridized carbons (Fsp3) is 0.571. The van der Waals surface area contributed by atoms with Crippen LogP contribution < -0.4 is 5.32 Å². The van der Waals surface area contributed by atoms with Crippen molar-refractivity contribution < 1.29 is 9.59 Å². The molecule has 1 N–H and O–H groups in total. The summed E-state index contributed by atoms with van der Waals surface area (Å²) in [7, 11) is 0. The second kappa shape index (κ2) is 6.59. The van der Waals surface area contributed by atoms with Crippen LogP contribution in [0.15, 0.2) is 12.1 Å². The first-order valence-corrected chi connectivity index (χ1v) is 7.99. The van der Waals surface area contributed by atoms with E-state index in [1.165, 1.54) is 11.3 Å². The van der Waals surface area contributed by atoms with Gasteiger partial charge in [0.1, 0.15) is 6.04 Å². The van der Waals surface area contributed by atoms with E-state index in [1.54, 1.807) is 4.90 Å². The summed E-state index contributed by atoms with van der Waals surface area (Å²) in [6.45, 7) is 5.03. The normalized spacial score (nSPS) is 20.2. The minimum Gasteiger partial charge on any atom is -0.344 e. The smallest absolute Gasteiger partial charge is 0.245 e. The number of hydrogen-bond donors (Lipinski definition) is 1. The molecule has 0 aliphatic carbocycles. The van der Waals surface area contributed by atoms with Gasteiger partial charge < -0.3 is 10.2 Å². The van der Waals surface area contributed by atoms with Crippen LogP contribution in [-0.2, 0) is 16.0 Å². The van der Waals surface area contributed by atoms with Crippen molar-refractivity contribution in [1.82, 2.24) is 10.2 Å². The Morgan fingerprint density at radius 3 is 2.80 bits per heavy atom. The van der Waals surface area contributed by atoms with Gasteiger partial charge in [0.15, 0.2) is 0 Å². The maximum Gasteiger partial charge on any atom is 0.245 e. The number of carbonyl (C=O) groups is 2. The van der Waals surface area contributed by atoms with Gasteiger partial charge in [-0.1, -0.05) is 25.4 Å². The number of thiophene rings is 1. The Bertz CT molecular complexity index is 501. The Morgan fingerprint density at radius 2 is 2.20 bits per heavy atom. The Morgan fingerprint density at radius 1 is 1.45 bits per heavy atom. The highest BCUT2D eigenvalue weighted by Crippen LogP contribution is 2.22. The fourth-order valence-corrected chi connectivity index (χ4v) is 3.33. The summed E-state index contributed by atoms with van der Waals surface area (Å²) in [5.74, 6) is 0.0791. The van der Waals surface area contributed by atoms with E-state index in [2.05, 4.69) is 5.32 Å². The van der Waals surface area contributed by atoms with E-state index >= 15 is 0 Å². The van der Waals surface area contributed by atoms with Gasteiger partial charge >= 0.3 is 0 Å². The van der Waals surface area contributed by atoms with Gasteiger partial charge in [-0.2, -0.15) is 0 Å². The molecule has 0 aromatic carbocycles. The third-order valence-corrected chi connectivity index (χ3v) is 4.72. The summed E-state index contributed by atoms with van der Waals surface area (Å²) in [5.41, 5.74) is 0. The van der Waals surface area contributed by atoms with Crippen molar-refractivity contribution in [3.05, 3.63) is 21.3 Å².